The van der Waals surface area contributed by atoms with Gasteiger partial charge in [-0.25, -0.2) is 0 Å². The van der Waals surface area contributed by atoms with E-state index in [9.17, 15) is 4.79 Å². The van der Waals surface area contributed by atoms with Crippen LogP contribution in [0.2, 0.25) is 0 Å². The largest absolute Gasteiger partial charge is 0.299 e. The van der Waals surface area contributed by atoms with Gasteiger partial charge in [0.1, 0.15) is 5.78 Å². The summed E-state index contributed by atoms with van der Waals surface area (Å²) < 4.78 is 0.323. The first kappa shape index (κ1) is 13.1. The molecule has 2 heteroatoms. The SMILES string of the molecule is CCCCCC(=O)[C@@H]1CCSC(C)(C)C1. The topological polar surface area (TPSA) is 17.1 Å². The summed E-state index contributed by atoms with van der Waals surface area (Å²) in [6.07, 6.45) is 6.52. The highest BCUT2D eigenvalue weighted by Gasteiger charge is 2.31. The second kappa shape index (κ2) is 5.93. The van der Waals surface area contributed by atoms with Crippen molar-refractivity contribution in [3.8, 4) is 0 Å². The fourth-order valence-electron chi connectivity index (χ4n) is 2.26. The summed E-state index contributed by atoms with van der Waals surface area (Å²) in [6.45, 7) is 6.72. The summed E-state index contributed by atoms with van der Waals surface area (Å²) in [7, 11) is 0. The molecule has 0 amide bonds. The minimum Gasteiger partial charge on any atom is -0.299 e. The smallest absolute Gasteiger partial charge is 0.136 e. The van der Waals surface area contributed by atoms with Crippen LogP contribution in [-0.2, 0) is 4.79 Å². The molecule has 0 spiro atoms. The number of thioether (sulfide) groups is 1. The van der Waals surface area contributed by atoms with E-state index in [1.54, 1.807) is 0 Å². The average Bonchev–Trinajstić information content (AvgIpc) is 2.16. The zero-order chi connectivity index (χ0) is 11.3. The fraction of sp³-hybridized carbons (Fsp3) is 0.923. The molecule has 0 unspecified atom stereocenters. The molecule has 1 atom stereocenters. The monoisotopic (exact) mass is 228 g/mol. The Balaban J connectivity index is 2.32. The maximum absolute atomic E-state index is 12.0. The van der Waals surface area contributed by atoms with Gasteiger partial charge >= 0.3 is 0 Å². The molecule has 1 heterocycles. The van der Waals surface area contributed by atoms with Gasteiger partial charge in [-0.2, -0.15) is 11.8 Å². The average molecular weight is 228 g/mol. The van der Waals surface area contributed by atoms with Crippen molar-refractivity contribution in [2.24, 2.45) is 5.92 Å². The molecule has 0 N–H and O–H groups in total. The third-order valence-corrected chi connectivity index (χ3v) is 4.57. The lowest BCUT2D eigenvalue weighted by Gasteiger charge is -2.33. The van der Waals surface area contributed by atoms with Crippen LogP contribution in [-0.4, -0.2) is 16.3 Å². The zero-order valence-corrected chi connectivity index (χ0v) is 11.2. The van der Waals surface area contributed by atoms with Crippen LogP contribution < -0.4 is 0 Å². The van der Waals surface area contributed by atoms with Gasteiger partial charge in [0, 0.05) is 17.1 Å². The number of hydrogen-bond donors (Lipinski definition) is 0. The number of hydrogen-bond acceptors (Lipinski definition) is 2. The van der Waals surface area contributed by atoms with Crippen molar-refractivity contribution in [1.29, 1.82) is 0 Å². The maximum Gasteiger partial charge on any atom is 0.136 e. The highest BCUT2D eigenvalue weighted by Crippen LogP contribution is 2.39. The second-order valence-electron chi connectivity index (χ2n) is 5.22. The van der Waals surface area contributed by atoms with Gasteiger partial charge in [-0.05, 0) is 25.0 Å². The summed E-state index contributed by atoms with van der Waals surface area (Å²) in [6, 6.07) is 0. The molecule has 1 nitrogen and oxygen atoms in total. The molecule has 0 bridgehead atoms. The molecule has 1 saturated heterocycles. The number of carbonyl (C=O) groups excluding carboxylic acids is 1. The Bertz CT molecular complexity index is 211. The van der Waals surface area contributed by atoms with Gasteiger partial charge in [-0.3, -0.25) is 4.79 Å². The first-order chi connectivity index (χ1) is 7.05. The quantitative estimate of drug-likeness (QED) is 0.660. The minimum atomic E-state index is 0.323. The lowest BCUT2D eigenvalue weighted by atomic mass is 9.88. The second-order valence-corrected chi connectivity index (χ2v) is 7.02. The predicted molar refractivity (Wildman–Crippen MR) is 68.4 cm³/mol. The van der Waals surface area contributed by atoms with Gasteiger partial charge in [0.25, 0.3) is 0 Å². The molecule has 1 rings (SSSR count). The van der Waals surface area contributed by atoms with E-state index in [0.717, 1.165) is 31.4 Å². The summed E-state index contributed by atoms with van der Waals surface area (Å²) in [4.78, 5) is 12.0. The first-order valence-electron chi connectivity index (χ1n) is 6.22. The van der Waals surface area contributed by atoms with Crippen LogP contribution in [0.25, 0.3) is 0 Å². The number of carbonyl (C=O) groups is 1. The molecule has 0 radical (unpaired) electrons. The molecule has 1 fully saturated rings. The van der Waals surface area contributed by atoms with Gasteiger partial charge in [-0.1, -0.05) is 33.6 Å². The van der Waals surface area contributed by atoms with E-state index in [1.165, 1.54) is 12.8 Å². The molecule has 88 valence electrons. The molecule has 0 aromatic heterocycles. The van der Waals surface area contributed by atoms with Crippen molar-refractivity contribution in [2.45, 2.75) is 64.0 Å². The van der Waals surface area contributed by atoms with E-state index < -0.39 is 0 Å². The number of ketones is 1. The van der Waals surface area contributed by atoms with Crippen LogP contribution >= 0.6 is 11.8 Å². The van der Waals surface area contributed by atoms with Gasteiger partial charge in [0.2, 0.25) is 0 Å². The van der Waals surface area contributed by atoms with E-state index >= 15 is 0 Å². The molecular weight excluding hydrogens is 204 g/mol. The van der Waals surface area contributed by atoms with Crippen LogP contribution in [0.1, 0.15) is 59.3 Å². The summed E-state index contributed by atoms with van der Waals surface area (Å²) >= 11 is 2.02. The van der Waals surface area contributed by atoms with Crippen molar-refractivity contribution in [3.63, 3.8) is 0 Å². The zero-order valence-electron chi connectivity index (χ0n) is 10.3. The number of rotatable bonds is 5. The van der Waals surface area contributed by atoms with Crippen molar-refractivity contribution < 1.29 is 4.79 Å². The molecule has 1 aliphatic heterocycles. The molecule has 15 heavy (non-hydrogen) atoms. The van der Waals surface area contributed by atoms with Gasteiger partial charge in [0.15, 0.2) is 0 Å². The van der Waals surface area contributed by atoms with E-state index in [4.69, 9.17) is 0 Å². The molecule has 0 aromatic rings. The Morgan fingerprint density at radius 3 is 2.73 bits per heavy atom. The van der Waals surface area contributed by atoms with E-state index in [1.807, 2.05) is 11.8 Å². The Labute approximate surface area is 98.4 Å². The van der Waals surface area contributed by atoms with Crippen molar-refractivity contribution >= 4 is 17.5 Å². The van der Waals surface area contributed by atoms with Gasteiger partial charge in [0.05, 0.1) is 0 Å². The molecular formula is C13H24OS. The summed E-state index contributed by atoms with van der Waals surface area (Å²) in [5.74, 6) is 2.05. The van der Waals surface area contributed by atoms with Crippen molar-refractivity contribution in [3.05, 3.63) is 0 Å². The summed E-state index contributed by atoms with van der Waals surface area (Å²) in [5, 5.41) is 0. The first-order valence-corrected chi connectivity index (χ1v) is 7.20. The van der Waals surface area contributed by atoms with Crippen LogP contribution in [0.3, 0.4) is 0 Å². The number of Topliss-reactive ketones (excluding diaryl/α,β-unsaturated/α-hetero) is 1. The molecule has 0 aromatic carbocycles. The minimum absolute atomic E-state index is 0.323. The van der Waals surface area contributed by atoms with Crippen molar-refractivity contribution in [2.75, 3.05) is 5.75 Å². The maximum atomic E-state index is 12.0. The lowest BCUT2D eigenvalue weighted by molar-refractivity contribution is -0.123. The third kappa shape index (κ3) is 4.58. The molecule has 0 saturated carbocycles. The Kier molecular flexibility index (Phi) is 5.17. The van der Waals surface area contributed by atoms with E-state index in [2.05, 4.69) is 20.8 Å². The van der Waals surface area contributed by atoms with Gasteiger partial charge in [-0.15, -0.1) is 0 Å². The predicted octanol–water partition coefficient (Wildman–Crippen LogP) is 4.06. The highest BCUT2D eigenvalue weighted by molar-refractivity contribution is 8.00. The van der Waals surface area contributed by atoms with Crippen LogP contribution in [0.4, 0.5) is 0 Å². The Morgan fingerprint density at radius 2 is 2.13 bits per heavy atom. The fourth-order valence-corrected chi connectivity index (χ4v) is 3.53. The Morgan fingerprint density at radius 1 is 1.40 bits per heavy atom. The number of unbranched alkanes of at least 4 members (excludes halogenated alkanes) is 2. The normalized spacial score (nSPS) is 25.1. The lowest BCUT2D eigenvalue weighted by Crippen LogP contribution is -2.30. The summed E-state index contributed by atoms with van der Waals surface area (Å²) in [5.41, 5.74) is 0. The van der Waals surface area contributed by atoms with Crippen LogP contribution in [0.5, 0.6) is 0 Å². The van der Waals surface area contributed by atoms with E-state index in [-0.39, 0.29) is 0 Å². The van der Waals surface area contributed by atoms with Crippen molar-refractivity contribution in [1.82, 2.24) is 0 Å². The molecule has 0 aliphatic carbocycles. The standard InChI is InChI=1S/C13H24OS/c1-4-5-6-7-12(14)11-8-9-15-13(2,3)10-11/h11H,4-10H2,1-3H3/t11-/m1/s1. The van der Waals surface area contributed by atoms with Crippen LogP contribution in [0.15, 0.2) is 0 Å². The van der Waals surface area contributed by atoms with E-state index in [0.29, 0.717) is 16.4 Å². The highest BCUT2D eigenvalue weighted by atomic mass is 32.2. The van der Waals surface area contributed by atoms with Gasteiger partial charge < -0.3 is 0 Å². The third-order valence-electron chi connectivity index (χ3n) is 3.18. The van der Waals surface area contributed by atoms with Crippen LogP contribution in [0, 0.1) is 5.92 Å². The Hall–Kier alpha value is 0.0200. The molecule has 1 aliphatic rings.